The minimum absolute atomic E-state index is 0.0692. The van der Waals surface area contributed by atoms with Crippen molar-refractivity contribution in [3.63, 3.8) is 0 Å². The maximum Gasteiger partial charge on any atom is 0.169 e. The van der Waals surface area contributed by atoms with Crippen LogP contribution in [0.15, 0.2) is 36.9 Å². The van der Waals surface area contributed by atoms with Crippen molar-refractivity contribution in [1.29, 1.82) is 0 Å². The van der Waals surface area contributed by atoms with Crippen LogP contribution < -0.4 is 0 Å². The number of fused-ring (bicyclic) bond motifs is 1. The first-order valence-electron chi connectivity index (χ1n) is 7.21. The summed E-state index contributed by atoms with van der Waals surface area (Å²) in [5.41, 5.74) is 3.04. The number of rotatable bonds is 4. The molecule has 0 aliphatic heterocycles. The van der Waals surface area contributed by atoms with Crippen molar-refractivity contribution in [3.05, 3.63) is 42.5 Å². The summed E-state index contributed by atoms with van der Waals surface area (Å²) in [6.45, 7) is 3.74. The Labute approximate surface area is 138 Å². The molecule has 0 fully saturated rings. The van der Waals surface area contributed by atoms with Gasteiger partial charge in [-0.25, -0.2) is 4.52 Å². The second kappa shape index (κ2) is 5.44. The maximum atomic E-state index is 12.2. The quantitative estimate of drug-likeness (QED) is 0.535. The van der Waals surface area contributed by atoms with Gasteiger partial charge in [-0.3, -0.25) is 9.48 Å². The molecule has 6 radical (unpaired) electrons. The number of carbonyl (C=O) groups excluding carboxylic acids is 1. The van der Waals surface area contributed by atoms with E-state index in [1.54, 1.807) is 23.1 Å². The third kappa shape index (κ3) is 2.85. The molecule has 3 aromatic heterocycles. The first kappa shape index (κ1) is 15.7. The number of Topliss-reactive ketones (excluding diaryl/α,β-unsaturated/α-hetero) is 1. The Hall–Kier alpha value is -2.24. The van der Waals surface area contributed by atoms with Gasteiger partial charge >= 0.3 is 0 Å². The van der Waals surface area contributed by atoms with Crippen LogP contribution >= 0.6 is 0 Å². The number of pyridine rings is 1. The van der Waals surface area contributed by atoms with Crippen LogP contribution in [0.5, 0.6) is 0 Å². The Bertz CT molecular complexity index is 876. The van der Waals surface area contributed by atoms with Crippen LogP contribution in [-0.2, 0) is 5.24 Å². The lowest BCUT2D eigenvalue weighted by Crippen LogP contribution is -2.35. The molecule has 0 spiro atoms. The Morgan fingerprint density at radius 1 is 1.09 bits per heavy atom. The van der Waals surface area contributed by atoms with Crippen molar-refractivity contribution >= 4 is 34.8 Å². The summed E-state index contributed by atoms with van der Waals surface area (Å²) in [4.78, 5) is 12.2. The molecule has 3 rings (SSSR count). The fourth-order valence-electron chi connectivity index (χ4n) is 2.34. The lowest BCUT2D eigenvalue weighted by Gasteiger charge is -2.20. The van der Waals surface area contributed by atoms with Gasteiger partial charge in [-0.2, -0.15) is 10.2 Å². The summed E-state index contributed by atoms with van der Waals surface area (Å²) in [5.74, 6) is -0.00700. The summed E-state index contributed by atoms with van der Waals surface area (Å²) in [6, 6.07) is 3.75. The molecule has 108 valence electrons. The van der Waals surface area contributed by atoms with E-state index in [9.17, 15) is 4.79 Å². The van der Waals surface area contributed by atoms with E-state index in [-0.39, 0.29) is 11.7 Å². The number of hydrogen-bond donors (Lipinski definition) is 0. The molecule has 5 nitrogen and oxygen atoms in total. The van der Waals surface area contributed by atoms with Crippen LogP contribution in [0.3, 0.4) is 0 Å². The fourth-order valence-corrected chi connectivity index (χ4v) is 2.34. The molecule has 0 saturated carbocycles. The van der Waals surface area contributed by atoms with Crippen LogP contribution in [0.2, 0.25) is 0 Å². The van der Waals surface area contributed by atoms with Crippen molar-refractivity contribution in [1.82, 2.24) is 19.4 Å². The molecule has 0 N–H and O–H groups in total. The molecule has 0 unspecified atom stereocenters. The normalized spacial score (nSPS) is 12.1. The lowest BCUT2D eigenvalue weighted by atomic mass is 9.49. The zero-order valence-electron chi connectivity index (χ0n) is 13.0. The molecule has 0 aliphatic carbocycles. The standard InChI is InChI=1S/C15H13B3N4O/c1-9(2)14(23)12-6-19-21-7-10(3-4-13(12)21)11-5-20-22(8-11)15(16,17)18/h3-9H,1-2H3. The van der Waals surface area contributed by atoms with Crippen molar-refractivity contribution < 1.29 is 4.79 Å². The van der Waals surface area contributed by atoms with Crippen molar-refractivity contribution in [3.8, 4) is 11.1 Å². The molecule has 0 atom stereocenters. The van der Waals surface area contributed by atoms with E-state index >= 15 is 0 Å². The third-order valence-electron chi connectivity index (χ3n) is 3.62. The zero-order chi connectivity index (χ0) is 16.8. The highest BCUT2D eigenvalue weighted by molar-refractivity contribution is 6.56. The van der Waals surface area contributed by atoms with E-state index in [1.807, 2.05) is 32.2 Å². The van der Waals surface area contributed by atoms with Crippen LogP contribution in [0.4, 0.5) is 0 Å². The van der Waals surface area contributed by atoms with E-state index in [1.165, 1.54) is 4.68 Å². The SMILES string of the molecule is [B]C([B])([B])n1cc(-c2ccc3c(C(=O)C(C)C)cnn3c2)cn1. The molecule has 0 bridgehead atoms. The third-order valence-corrected chi connectivity index (χ3v) is 3.62. The number of aromatic nitrogens is 4. The van der Waals surface area contributed by atoms with E-state index < -0.39 is 5.24 Å². The molecule has 0 saturated heterocycles. The molecule has 0 aliphatic rings. The van der Waals surface area contributed by atoms with Gasteiger partial charge in [0.15, 0.2) is 5.78 Å². The van der Waals surface area contributed by atoms with Crippen LogP contribution in [-0.4, -0.2) is 48.7 Å². The highest BCUT2D eigenvalue weighted by Crippen LogP contribution is 2.23. The van der Waals surface area contributed by atoms with Gasteiger partial charge in [0.05, 0.1) is 47.0 Å². The minimum atomic E-state index is -1.55. The number of carbonyl (C=O) groups is 1. The van der Waals surface area contributed by atoms with Gasteiger partial charge in [-0.05, 0) is 11.3 Å². The first-order chi connectivity index (χ1) is 10.8. The molecule has 8 heteroatoms. The van der Waals surface area contributed by atoms with Gasteiger partial charge in [-0.1, -0.05) is 19.9 Å². The summed E-state index contributed by atoms with van der Waals surface area (Å²) >= 11 is 0. The molecule has 3 heterocycles. The zero-order valence-corrected chi connectivity index (χ0v) is 13.0. The lowest BCUT2D eigenvalue weighted by molar-refractivity contribution is 0.0941. The molecule has 0 aromatic carbocycles. The summed E-state index contributed by atoms with van der Waals surface area (Å²) in [7, 11) is 16.8. The Morgan fingerprint density at radius 2 is 1.83 bits per heavy atom. The second-order valence-electron chi connectivity index (χ2n) is 5.89. The Balaban J connectivity index is 2.02. The maximum absolute atomic E-state index is 12.2. The predicted octanol–water partition coefficient (Wildman–Crippen LogP) is 1.11. The molecular weight excluding hydrogens is 285 g/mol. The summed E-state index contributed by atoms with van der Waals surface area (Å²) in [5, 5.41) is 6.77. The highest BCUT2D eigenvalue weighted by atomic mass is 16.1. The topological polar surface area (TPSA) is 52.2 Å². The van der Waals surface area contributed by atoms with Crippen LogP contribution in [0.1, 0.15) is 24.2 Å². The predicted molar refractivity (Wildman–Crippen MR) is 90.8 cm³/mol. The van der Waals surface area contributed by atoms with Gasteiger partial charge < -0.3 is 0 Å². The number of ketones is 1. The molecule has 23 heavy (non-hydrogen) atoms. The van der Waals surface area contributed by atoms with Crippen LogP contribution in [0, 0.1) is 5.92 Å². The average Bonchev–Trinajstić information content (AvgIpc) is 3.12. The van der Waals surface area contributed by atoms with Crippen molar-refractivity contribution in [2.24, 2.45) is 5.92 Å². The van der Waals surface area contributed by atoms with E-state index in [4.69, 9.17) is 23.5 Å². The van der Waals surface area contributed by atoms with E-state index in [2.05, 4.69) is 10.2 Å². The Kier molecular flexibility index (Phi) is 3.70. The second-order valence-corrected chi connectivity index (χ2v) is 5.89. The van der Waals surface area contributed by atoms with Gasteiger partial charge in [0.25, 0.3) is 0 Å². The van der Waals surface area contributed by atoms with E-state index in [0.717, 1.165) is 16.6 Å². The number of hydrogen-bond acceptors (Lipinski definition) is 3. The summed E-state index contributed by atoms with van der Waals surface area (Å²) in [6.07, 6.45) is 6.69. The van der Waals surface area contributed by atoms with Crippen LogP contribution in [0.25, 0.3) is 16.6 Å². The van der Waals surface area contributed by atoms with E-state index in [0.29, 0.717) is 5.56 Å². The first-order valence-corrected chi connectivity index (χ1v) is 7.21. The van der Waals surface area contributed by atoms with Gasteiger partial charge in [-0.15, -0.1) is 0 Å². The molecular formula is C15H13B3N4O. The monoisotopic (exact) mass is 298 g/mol. The smallest absolute Gasteiger partial charge is 0.169 e. The van der Waals surface area contributed by atoms with Gasteiger partial charge in [0.1, 0.15) is 0 Å². The number of nitrogens with zero attached hydrogens (tertiary/aromatic N) is 4. The van der Waals surface area contributed by atoms with Crippen molar-refractivity contribution in [2.75, 3.05) is 0 Å². The minimum Gasteiger partial charge on any atom is -0.294 e. The Morgan fingerprint density at radius 3 is 2.43 bits per heavy atom. The largest absolute Gasteiger partial charge is 0.294 e. The fraction of sp³-hybridized carbons (Fsp3) is 0.267. The summed E-state index contributed by atoms with van der Waals surface area (Å²) < 4.78 is 2.95. The van der Waals surface area contributed by atoms with Gasteiger partial charge in [0.2, 0.25) is 0 Å². The molecule has 0 amide bonds. The average molecular weight is 298 g/mol. The molecule has 3 aromatic rings. The highest BCUT2D eigenvalue weighted by Gasteiger charge is 2.17. The van der Waals surface area contributed by atoms with Crippen molar-refractivity contribution in [2.45, 2.75) is 19.1 Å². The van der Waals surface area contributed by atoms with Gasteiger partial charge in [0, 0.05) is 29.4 Å².